The minimum atomic E-state index is 0.504. The van der Waals surface area contributed by atoms with Crippen LogP contribution in [-0.2, 0) is 6.42 Å². The average Bonchev–Trinajstić information content (AvgIpc) is 2.08. The summed E-state index contributed by atoms with van der Waals surface area (Å²) in [5, 5.41) is 0. The van der Waals surface area contributed by atoms with E-state index in [0.717, 1.165) is 6.42 Å². The van der Waals surface area contributed by atoms with Crippen LogP contribution in [0, 0.1) is 6.92 Å². The lowest BCUT2D eigenvalue weighted by molar-refractivity contribution is 0.806. The van der Waals surface area contributed by atoms with Gasteiger partial charge in [-0.3, -0.25) is 4.98 Å². The molecule has 0 radical (unpaired) electrons. The first-order valence-electron chi connectivity index (χ1n) is 4.72. The van der Waals surface area contributed by atoms with Crippen molar-refractivity contribution in [3.05, 3.63) is 41.7 Å². The van der Waals surface area contributed by atoms with E-state index >= 15 is 0 Å². The van der Waals surface area contributed by atoms with Gasteiger partial charge in [-0.1, -0.05) is 19.9 Å². The van der Waals surface area contributed by atoms with Crippen LogP contribution in [0.2, 0.25) is 0 Å². The highest BCUT2D eigenvalue weighted by molar-refractivity contribution is 5.31. The van der Waals surface area contributed by atoms with Crippen LogP contribution in [0.1, 0.15) is 36.6 Å². The fourth-order valence-corrected chi connectivity index (χ4v) is 1.55. The van der Waals surface area contributed by atoms with Gasteiger partial charge in [0.1, 0.15) is 0 Å². The van der Waals surface area contributed by atoms with E-state index in [9.17, 15) is 0 Å². The normalized spacial score (nSPS) is 10.5. The molecule has 0 spiro atoms. The standard InChI is InChI=1S/C12H17N/c1-5-6-11-7-8-13-12(9(2)3)10(11)4/h5,7-9H,1,6H2,2-4H3. The second kappa shape index (κ2) is 4.22. The van der Waals surface area contributed by atoms with Crippen molar-refractivity contribution >= 4 is 0 Å². The Bertz CT molecular complexity index is 300. The topological polar surface area (TPSA) is 12.9 Å². The highest BCUT2D eigenvalue weighted by atomic mass is 14.7. The number of allylic oxidation sites excluding steroid dienone is 1. The summed E-state index contributed by atoms with van der Waals surface area (Å²) in [4.78, 5) is 4.39. The van der Waals surface area contributed by atoms with Crippen LogP contribution in [0.4, 0.5) is 0 Å². The Hall–Kier alpha value is -1.11. The third-order valence-electron chi connectivity index (χ3n) is 2.27. The lowest BCUT2D eigenvalue weighted by atomic mass is 9.99. The number of hydrogen-bond acceptors (Lipinski definition) is 1. The summed E-state index contributed by atoms with van der Waals surface area (Å²) in [6.07, 6.45) is 4.77. The van der Waals surface area contributed by atoms with Gasteiger partial charge in [0.25, 0.3) is 0 Å². The van der Waals surface area contributed by atoms with Gasteiger partial charge in [-0.25, -0.2) is 0 Å². The number of nitrogens with zero attached hydrogens (tertiary/aromatic N) is 1. The molecule has 0 bridgehead atoms. The van der Waals surface area contributed by atoms with E-state index in [0.29, 0.717) is 5.92 Å². The van der Waals surface area contributed by atoms with Gasteiger partial charge < -0.3 is 0 Å². The van der Waals surface area contributed by atoms with Crippen LogP contribution in [0.15, 0.2) is 24.9 Å². The van der Waals surface area contributed by atoms with E-state index < -0.39 is 0 Å². The molecule has 1 heterocycles. The molecule has 1 rings (SSSR count). The second-order valence-electron chi connectivity index (χ2n) is 3.63. The second-order valence-corrected chi connectivity index (χ2v) is 3.63. The minimum absolute atomic E-state index is 0.504. The van der Waals surface area contributed by atoms with Gasteiger partial charge in [-0.2, -0.15) is 0 Å². The molecule has 0 aliphatic rings. The molecule has 0 unspecified atom stereocenters. The molecule has 1 aromatic heterocycles. The maximum absolute atomic E-state index is 4.39. The first-order chi connectivity index (χ1) is 6.16. The molecule has 0 aliphatic carbocycles. The summed E-state index contributed by atoms with van der Waals surface area (Å²) >= 11 is 0. The van der Waals surface area contributed by atoms with E-state index in [1.54, 1.807) is 0 Å². The summed E-state index contributed by atoms with van der Waals surface area (Å²) in [6, 6.07) is 2.07. The Morgan fingerprint density at radius 3 is 2.77 bits per heavy atom. The van der Waals surface area contributed by atoms with Gasteiger partial charge in [0.2, 0.25) is 0 Å². The van der Waals surface area contributed by atoms with Crippen LogP contribution in [0.3, 0.4) is 0 Å². The molecule has 0 fully saturated rings. The van der Waals surface area contributed by atoms with Gasteiger partial charge in [0.05, 0.1) is 0 Å². The van der Waals surface area contributed by atoms with Gasteiger partial charge in [0.15, 0.2) is 0 Å². The lowest BCUT2D eigenvalue weighted by Crippen LogP contribution is -1.99. The Morgan fingerprint density at radius 2 is 2.23 bits per heavy atom. The maximum atomic E-state index is 4.39. The summed E-state index contributed by atoms with van der Waals surface area (Å²) in [5.41, 5.74) is 3.87. The molecule has 0 aromatic carbocycles. The molecule has 0 amide bonds. The van der Waals surface area contributed by atoms with Crippen molar-refractivity contribution in [3.8, 4) is 0 Å². The van der Waals surface area contributed by atoms with E-state index in [-0.39, 0.29) is 0 Å². The van der Waals surface area contributed by atoms with Crippen molar-refractivity contribution in [2.24, 2.45) is 0 Å². The molecule has 0 saturated carbocycles. The zero-order valence-electron chi connectivity index (χ0n) is 8.67. The van der Waals surface area contributed by atoms with Crippen molar-refractivity contribution in [1.29, 1.82) is 0 Å². The van der Waals surface area contributed by atoms with E-state index in [2.05, 4.69) is 38.4 Å². The quantitative estimate of drug-likeness (QED) is 0.643. The molecule has 1 aromatic rings. The smallest absolute Gasteiger partial charge is 0.0460 e. The molecule has 70 valence electrons. The van der Waals surface area contributed by atoms with Gasteiger partial charge in [0, 0.05) is 11.9 Å². The predicted molar refractivity (Wildman–Crippen MR) is 57.0 cm³/mol. The maximum Gasteiger partial charge on any atom is 0.0460 e. The van der Waals surface area contributed by atoms with Crippen LogP contribution < -0.4 is 0 Å². The summed E-state index contributed by atoms with van der Waals surface area (Å²) in [7, 11) is 0. The number of rotatable bonds is 3. The molecular weight excluding hydrogens is 158 g/mol. The lowest BCUT2D eigenvalue weighted by Gasteiger charge is -2.11. The molecule has 0 N–H and O–H groups in total. The third kappa shape index (κ3) is 2.18. The van der Waals surface area contributed by atoms with Crippen LogP contribution in [0.25, 0.3) is 0 Å². The van der Waals surface area contributed by atoms with E-state index in [4.69, 9.17) is 0 Å². The molecule has 1 heteroatoms. The summed E-state index contributed by atoms with van der Waals surface area (Å²) < 4.78 is 0. The van der Waals surface area contributed by atoms with Crippen LogP contribution >= 0.6 is 0 Å². The Labute approximate surface area is 80.5 Å². The van der Waals surface area contributed by atoms with Crippen LogP contribution in [-0.4, -0.2) is 4.98 Å². The Morgan fingerprint density at radius 1 is 1.54 bits per heavy atom. The monoisotopic (exact) mass is 175 g/mol. The first kappa shape index (κ1) is 9.97. The molecule has 13 heavy (non-hydrogen) atoms. The third-order valence-corrected chi connectivity index (χ3v) is 2.27. The molecule has 0 saturated heterocycles. The molecule has 1 nitrogen and oxygen atoms in total. The predicted octanol–water partition coefficient (Wildman–Crippen LogP) is 3.24. The molecule has 0 aliphatic heterocycles. The highest BCUT2D eigenvalue weighted by Crippen LogP contribution is 2.19. The van der Waals surface area contributed by atoms with E-state index in [1.165, 1.54) is 16.8 Å². The number of aromatic nitrogens is 1. The van der Waals surface area contributed by atoms with Crippen molar-refractivity contribution in [2.75, 3.05) is 0 Å². The minimum Gasteiger partial charge on any atom is -0.261 e. The highest BCUT2D eigenvalue weighted by Gasteiger charge is 2.07. The summed E-state index contributed by atoms with van der Waals surface area (Å²) in [6.45, 7) is 10.2. The largest absolute Gasteiger partial charge is 0.261 e. The van der Waals surface area contributed by atoms with Crippen molar-refractivity contribution in [2.45, 2.75) is 33.1 Å². The molecule has 0 atom stereocenters. The van der Waals surface area contributed by atoms with Gasteiger partial charge in [-0.15, -0.1) is 6.58 Å². The molecular formula is C12H17N. The van der Waals surface area contributed by atoms with Gasteiger partial charge >= 0.3 is 0 Å². The zero-order valence-corrected chi connectivity index (χ0v) is 8.67. The van der Waals surface area contributed by atoms with Crippen molar-refractivity contribution in [3.63, 3.8) is 0 Å². The zero-order chi connectivity index (χ0) is 9.84. The fraction of sp³-hybridized carbons (Fsp3) is 0.417. The van der Waals surface area contributed by atoms with Crippen LogP contribution in [0.5, 0.6) is 0 Å². The fourth-order valence-electron chi connectivity index (χ4n) is 1.55. The van der Waals surface area contributed by atoms with Crippen molar-refractivity contribution < 1.29 is 0 Å². The Balaban J connectivity index is 3.10. The first-order valence-corrected chi connectivity index (χ1v) is 4.72. The number of pyridine rings is 1. The summed E-state index contributed by atoms with van der Waals surface area (Å²) in [5.74, 6) is 0.504. The Kier molecular flexibility index (Phi) is 3.24. The van der Waals surface area contributed by atoms with E-state index in [1.807, 2.05) is 12.3 Å². The van der Waals surface area contributed by atoms with Crippen molar-refractivity contribution in [1.82, 2.24) is 4.98 Å². The SMILES string of the molecule is C=CCc1ccnc(C(C)C)c1C. The average molecular weight is 175 g/mol. The number of hydrogen-bond donors (Lipinski definition) is 0. The van der Waals surface area contributed by atoms with Gasteiger partial charge in [-0.05, 0) is 36.5 Å².